The molecule has 5 heteroatoms. The summed E-state index contributed by atoms with van der Waals surface area (Å²) >= 11 is 0. The average Bonchev–Trinajstić information content (AvgIpc) is 2.92. The number of hydrogen-bond donors (Lipinski definition) is 0. The van der Waals surface area contributed by atoms with Gasteiger partial charge in [0.1, 0.15) is 0 Å². The molecule has 22 heavy (non-hydrogen) atoms. The lowest BCUT2D eigenvalue weighted by molar-refractivity contribution is -0.128. The third-order valence-corrected chi connectivity index (χ3v) is 5.02. The van der Waals surface area contributed by atoms with Gasteiger partial charge in [0.25, 0.3) is 0 Å². The van der Waals surface area contributed by atoms with Gasteiger partial charge in [-0.1, -0.05) is 24.3 Å². The van der Waals surface area contributed by atoms with Crippen LogP contribution in [0, 0.1) is 0 Å². The second-order valence-electron chi connectivity index (χ2n) is 7.25. The molecule has 1 aromatic rings. The predicted molar refractivity (Wildman–Crippen MR) is 86.8 cm³/mol. The van der Waals surface area contributed by atoms with Crippen molar-refractivity contribution in [2.75, 3.05) is 6.54 Å². The molecule has 2 aliphatic rings. The van der Waals surface area contributed by atoms with Crippen molar-refractivity contribution in [3.8, 4) is 0 Å². The molecule has 0 atom stereocenters. The van der Waals surface area contributed by atoms with Gasteiger partial charge in [-0.15, -0.1) is 0 Å². The summed E-state index contributed by atoms with van der Waals surface area (Å²) in [4.78, 5) is 13.7. The monoisotopic (exact) mass is 301 g/mol. The summed E-state index contributed by atoms with van der Waals surface area (Å²) in [6, 6.07) is 8.18. The Kier molecular flexibility index (Phi) is 3.81. The molecular formula is C17H24BNO3. The number of carbonyl (C=O) groups is 1. The minimum absolute atomic E-state index is 0.251. The summed E-state index contributed by atoms with van der Waals surface area (Å²) in [5.74, 6) is 0.251. The molecule has 0 aliphatic carbocycles. The summed E-state index contributed by atoms with van der Waals surface area (Å²) in [5, 5.41) is 0. The molecular weight excluding hydrogens is 277 g/mol. The summed E-state index contributed by atoms with van der Waals surface area (Å²) in [6.07, 6.45) is 1.65. The maximum atomic E-state index is 11.8. The highest BCUT2D eigenvalue weighted by Crippen LogP contribution is 2.36. The van der Waals surface area contributed by atoms with Gasteiger partial charge in [-0.2, -0.15) is 0 Å². The van der Waals surface area contributed by atoms with Crippen LogP contribution in [0.4, 0.5) is 0 Å². The molecule has 2 heterocycles. The minimum Gasteiger partial charge on any atom is -0.399 e. The van der Waals surface area contributed by atoms with E-state index in [0.717, 1.165) is 24.0 Å². The van der Waals surface area contributed by atoms with Crippen LogP contribution in [0.3, 0.4) is 0 Å². The number of nitrogens with zero attached hydrogens (tertiary/aromatic N) is 1. The molecule has 0 aromatic heterocycles. The number of benzene rings is 1. The Morgan fingerprint density at radius 3 is 2.45 bits per heavy atom. The van der Waals surface area contributed by atoms with Gasteiger partial charge >= 0.3 is 7.12 Å². The van der Waals surface area contributed by atoms with E-state index in [-0.39, 0.29) is 24.2 Å². The minimum atomic E-state index is -0.348. The SMILES string of the molecule is CC1(C)OB(c2cccc(CN3CCCC3=O)c2)OC1(C)C. The lowest BCUT2D eigenvalue weighted by atomic mass is 9.78. The Labute approximate surface area is 132 Å². The Hall–Kier alpha value is -1.33. The highest BCUT2D eigenvalue weighted by atomic mass is 16.7. The zero-order chi connectivity index (χ0) is 16.0. The van der Waals surface area contributed by atoms with E-state index in [9.17, 15) is 4.79 Å². The van der Waals surface area contributed by atoms with Crippen molar-refractivity contribution in [1.82, 2.24) is 4.90 Å². The van der Waals surface area contributed by atoms with Crippen molar-refractivity contribution in [2.24, 2.45) is 0 Å². The average molecular weight is 301 g/mol. The van der Waals surface area contributed by atoms with Gasteiger partial charge in [0.2, 0.25) is 5.91 Å². The lowest BCUT2D eigenvalue weighted by Gasteiger charge is -2.32. The fourth-order valence-corrected chi connectivity index (χ4v) is 2.91. The van der Waals surface area contributed by atoms with Gasteiger partial charge in [0, 0.05) is 19.5 Å². The quantitative estimate of drug-likeness (QED) is 0.803. The first-order valence-electron chi connectivity index (χ1n) is 8.01. The second-order valence-corrected chi connectivity index (χ2v) is 7.25. The van der Waals surface area contributed by atoms with Crippen LogP contribution in [0.5, 0.6) is 0 Å². The molecule has 0 spiro atoms. The van der Waals surface area contributed by atoms with Gasteiger partial charge < -0.3 is 14.2 Å². The number of rotatable bonds is 3. The topological polar surface area (TPSA) is 38.8 Å². The van der Waals surface area contributed by atoms with Crippen molar-refractivity contribution in [2.45, 2.75) is 58.3 Å². The normalized spacial score (nSPS) is 23.4. The van der Waals surface area contributed by atoms with Crippen LogP contribution in [0.1, 0.15) is 46.1 Å². The summed E-state index contributed by atoms with van der Waals surface area (Å²) in [5.41, 5.74) is 1.47. The number of hydrogen-bond acceptors (Lipinski definition) is 3. The third kappa shape index (κ3) is 2.80. The first-order valence-corrected chi connectivity index (χ1v) is 8.01. The van der Waals surface area contributed by atoms with Gasteiger partial charge in [0.05, 0.1) is 11.2 Å². The van der Waals surface area contributed by atoms with E-state index in [0.29, 0.717) is 13.0 Å². The third-order valence-electron chi connectivity index (χ3n) is 5.02. The standard InChI is InChI=1S/C17H24BNO3/c1-16(2)17(3,4)22-18(21-16)14-8-5-7-13(11-14)12-19-10-6-9-15(19)20/h5,7-8,11H,6,9-10,12H2,1-4H3. The Morgan fingerprint density at radius 1 is 1.18 bits per heavy atom. The molecule has 2 aliphatic heterocycles. The zero-order valence-corrected chi connectivity index (χ0v) is 13.9. The lowest BCUT2D eigenvalue weighted by Crippen LogP contribution is -2.41. The molecule has 3 rings (SSSR count). The van der Waals surface area contributed by atoms with Crippen LogP contribution in [0.2, 0.25) is 0 Å². The molecule has 2 saturated heterocycles. The smallest absolute Gasteiger partial charge is 0.399 e. The van der Waals surface area contributed by atoms with E-state index >= 15 is 0 Å². The molecule has 0 bridgehead atoms. The van der Waals surface area contributed by atoms with E-state index in [2.05, 4.69) is 39.8 Å². The Bertz CT molecular complexity index is 569. The Balaban J connectivity index is 1.76. The van der Waals surface area contributed by atoms with Gasteiger partial charge in [-0.05, 0) is 45.1 Å². The summed E-state index contributed by atoms with van der Waals surface area (Å²) in [7, 11) is -0.348. The Morgan fingerprint density at radius 2 is 1.86 bits per heavy atom. The number of carbonyl (C=O) groups excluding carboxylic acids is 1. The van der Waals surface area contributed by atoms with E-state index in [1.807, 2.05) is 17.0 Å². The zero-order valence-electron chi connectivity index (χ0n) is 13.9. The van der Waals surface area contributed by atoms with Crippen LogP contribution in [0.15, 0.2) is 24.3 Å². The van der Waals surface area contributed by atoms with Gasteiger partial charge in [-0.25, -0.2) is 0 Å². The molecule has 1 amide bonds. The molecule has 0 unspecified atom stereocenters. The predicted octanol–water partition coefficient (Wildman–Crippen LogP) is 2.11. The van der Waals surface area contributed by atoms with Crippen LogP contribution in [0.25, 0.3) is 0 Å². The van der Waals surface area contributed by atoms with Crippen molar-refractivity contribution in [3.05, 3.63) is 29.8 Å². The van der Waals surface area contributed by atoms with Crippen LogP contribution in [-0.4, -0.2) is 35.7 Å². The van der Waals surface area contributed by atoms with Crippen molar-refractivity contribution in [3.63, 3.8) is 0 Å². The first-order chi connectivity index (χ1) is 10.3. The molecule has 4 nitrogen and oxygen atoms in total. The van der Waals surface area contributed by atoms with Crippen LogP contribution in [-0.2, 0) is 20.6 Å². The molecule has 0 radical (unpaired) electrons. The molecule has 2 fully saturated rings. The van der Waals surface area contributed by atoms with Gasteiger partial charge in [0.15, 0.2) is 0 Å². The van der Waals surface area contributed by atoms with Gasteiger partial charge in [-0.3, -0.25) is 4.79 Å². The van der Waals surface area contributed by atoms with E-state index in [1.165, 1.54) is 0 Å². The van der Waals surface area contributed by atoms with Crippen LogP contribution >= 0.6 is 0 Å². The van der Waals surface area contributed by atoms with E-state index in [4.69, 9.17) is 9.31 Å². The fourth-order valence-electron chi connectivity index (χ4n) is 2.91. The van der Waals surface area contributed by atoms with E-state index in [1.54, 1.807) is 0 Å². The molecule has 1 aromatic carbocycles. The van der Waals surface area contributed by atoms with Crippen LogP contribution < -0.4 is 5.46 Å². The fraction of sp³-hybridized carbons (Fsp3) is 0.588. The van der Waals surface area contributed by atoms with Crippen molar-refractivity contribution >= 4 is 18.5 Å². The number of likely N-dealkylation sites (tertiary alicyclic amines) is 1. The highest BCUT2D eigenvalue weighted by Gasteiger charge is 2.51. The molecule has 0 saturated carbocycles. The highest BCUT2D eigenvalue weighted by molar-refractivity contribution is 6.62. The van der Waals surface area contributed by atoms with Crippen molar-refractivity contribution < 1.29 is 14.1 Å². The summed E-state index contributed by atoms with van der Waals surface area (Å²) < 4.78 is 12.2. The molecule has 118 valence electrons. The maximum Gasteiger partial charge on any atom is 0.494 e. The van der Waals surface area contributed by atoms with E-state index < -0.39 is 0 Å². The van der Waals surface area contributed by atoms with Crippen molar-refractivity contribution in [1.29, 1.82) is 0 Å². The number of amides is 1. The summed E-state index contributed by atoms with van der Waals surface area (Å²) in [6.45, 7) is 9.75. The largest absolute Gasteiger partial charge is 0.494 e. The first kappa shape index (κ1) is 15.6. The second kappa shape index (κ2) is 5.39. The molecule has 0 N–H and O–H groups in total. The maximum absolute atomic E-state index is 11.8.